The van der Waals surface area contributed by atoms with E-state index < -0.39 is 34.5 Å². The van der Waals surface area contributed by atoms with Crippen LogP contribution in [0, 0.1) is 5.82 Å². The van der Waals surface area contributed by atoms with Gasteiger partial charge in [-0.15, -0.1) is 0 Å². The van der Waals surface area contributed by atoms with Crippen LogP contribution in [0.4, 0.5) is 23.2 Å². The number of carbonyl (C=O) groups excluding carboxylic acids is 1. The number of hydrogen-bond donors (Lipinski definition) is 2. The molecule has 0 saturated carbocycles. The number of rotatable bonds is 7. The summed E-state index contributed by atoms with van der Waals surface area (Å²) >= 11 is 0. The molecule has 6 nitrogen and oxygen atoms in total. The lowest BCUT2D eigenvalue weighted by Gasteiger charge is -2.12. The van der Waals surface area contributed by atoms with Gasteiger partial charge in [0.05, 0.1) is 17.2 Å². The van der Waals surface area contributed by atoms with Gasteiger partial charge in [-0.05, 0) is 37.3 Å². The minimum atomic E-state index is -4.60. The average Bonchev–Trinajstić information content (AvgIpc) is 2.61. The number of halogens is 4. The van der Waals surface area contributed by atoms with Crippen molar-refractivity contribution in [3.05, 3.63) is 53.8 Å². The lowest BCUT2D eigenvalue weighted by atomic mass is 10.2. The first-order chi connectivity index (χ1) is 13.0. The first-order valence-corrected chi connectivity index (χ1v) is 9.40. The smallest absolute Gasteiger partial charge is 0.405 e. The Morgan fingerprint density at radius 1 is 1.14 bits per heavy atom. The Balaban J connectivity index is 2.20. The number of nitrogens with one attached hydrogen (secondary N) is 2. The van der Waals surface area contributed by atoms with Crippen molar-refractivity contribution in [2.75, 3.05) is 17.9 Å². The molecule has 0 heterocycles. The Morgan fingerprint density at radius 3 is 2.46 bits per heavy atom. The van der Waals surface area contributed by atoms with Gasteiger partial charge in [-0.25, -0.2) is 12.8 Å². The predicted molar refractivity (Wildman–Crippen MR) is 93.2 cm³/mol. The van der Waals surface area contributed by atoms with Gasteiger partial charge in [0, 0.05) is 11.6 Å². The number of benzene rings is 2. The highest BCUT2D eigenvalue weighted by Crippen LogP contribution is 2.23. The molecule has 0 aromatic heterocycles. The molecule has 0 fully saturated rings. The Kier molecular flexibility index (Phi) is 6.49. The third-order valence-electron chi connectivity index (χ3n) is 3.34. The van der Waals surface area contributed by atoms with E-state index in [1.807, 2.05) is 0 Å². The fraction of sp³-hybridized carbons (Fsp3) is 0.235. The van der Waals surface area contributed by atoms with Crippen LogP contribution in [0.5, 0.6) is 5.75 Å². The van der Waals surface area contributed by atoms with E-state index in [1.54, 1.807) is 12.2 Å². The van der Waals surface area contributed by atoms with E-state index >= 15 is 0 Å². The van der Waals surface area contributed by atoms with Crippen LogP contribution in [0.25, 0.3) is 0 Å². The van der Waals surface area contributed by atoms with E-state index in [0.29, 0.717) is 0 Å². The van der Waals surface area contributed by atoms with Crippen molar-refractivity contribution in [1.29, 1.82) is 0 Å². The molecular formula is C17H16F4N2O4S. The molecule has 0 radical (unpaired) electrons. The topological polar surface area (TPSA) is 84.5 Å². The van der Waals surface area contributed by atoms with E-state index in [2.05, 4.69) is 4.72 Å². The molecule has 152 valence electrons. The van der Waals surface area contributed by atoms with Gasteiger partial charge in [0.1, 0.15) is 6.54 Å². The van der Waals surface area contributed by atoms with Crippen LogP contribution in [-0.4, -0.2) is 33.7 Å². The standard InChI is InChI=1S/C17H16F4N2O4S/c1-2-27-15-7-6-12(9-14(15)18)23-28(25,26)13-5-3-4-11(8-13)16(24)22-10-17(19,20)21/h3-9,23H,2,10H2,1H3,(H,22,24). The SMILES string of the molecule is CCOc1ccc(NS(=O)(=O)c2cccc(C(=O)NCC(F)(F)F)c2)cc1F. The molecule has 0 aliphatic carbocycles. The van der Waals surface area contributed by atoms with E-state index in [0.717, 1.165) is 18.2 Å². The molecular weight excluding hydrogens is 404 g/mol. The summed E-state index contributed by atoms with van der Waals surface area (Å²) in [6, 6.07) is 7.88. The van der Waals surface area contributed by atoms with Gasteiger partial charge >= 0.3 is 6.18 Å². The number of hydrogen-bond acceptors (Lipinski definition) is 4. The normalized spacial score (nSPS) is 11.8. The maximum atomic E-state index is 13.9. The molecule has 0 aliphatic heterocycles. The van der Waals surface area contributed by atoms with Crippen molar-refractivity contribution >= 4 is 21.6 Å². The zero-order chi connectivity index (χ0) is 20.9. The predicted octanol–water partition coefficient (Wildman–Crippen LogP) is 3.32. The highest BCUT2D eigenvalue weighted by Gasteiger charge is 2.28. The maximum absolute atomic E-state index is 13.9. The van der Waals surface area contributed by atoms with Crippen molar-refractivity contribution in [2.24, 2.45) is 0 Å². The molecule has 0 aliphatic rings. The second-order valence-corrected chi connectivity index (χ2v) is 7.19. The quantitative estimate of drug-likeness (QED) is 0.673. The number of sulfonamides is 1. The molecule has 1 amide bonds. The van der Waals surface area contributed by atoms with Gasteiger partial charge in [0.25, 0.3) is 15.9 Å². The van der Waals surface area contributed by atoms with Gasteiger partial charge in [0.2, 0.25) is 0 Å². The molecule has 0 atom stereocenters. The largest absolute Gasteiger partial charge is 0.491 e. The minimum Gasteiger partial charge on any atom is -0.491 e. The number of anilines is 1. The first kappa shape index (κ1) is 21.5. The van der Waals surface area contributed by atoms with Gasteiger partial charge in [0.15, 0.2) is 11.6 Å². The number of amides is 1. The molecule has 0 bridgehead atoms. The molecule has 2 aromatic carbocycles. The molecule has 0 unspecified atom stereocenters. The third-order valence-corrected chi connectivity index (χ3v) is 4.72. The molecule has 2 rings (SSSR count). The van der Waals surface area contributed by atoms with Crippen molar-refractivity contribution < 1.29 is 35.5 Å². The van der Waals surface area contributed by atoms with Crippen molar-refractivity contribution in [1.82, 2.24) is 5.32 Å². The average molecular weight is 420 g/mol. The molecule has 2 N–H and O–H groups in total. The molecule has 2 aromatic rings. The van der Waals surface area contributed by atoms with Crippen LogP contribution in [0.1, 0.15) is 17.3 Å². The zero-order valence-electron chi connectivity index (χ0n) is 14.5. The lowest BCUT2D eigenvalue weighted by Crippen LogP contribution is -2.33. The van der Waals surface area contributed by atoms with Crippen molar-refractivity contribution in [2.45, 2.75) is 18.0 Å². The van der Waals surface area contributed by atoms with E-state index in [-0.39, 0.29) is 28.5 Å². The van der Waals surface area contributed by atoms with Crippen molar-refractivity contribution in [3.8, 4) is 5.75 Å². The Morgan fingerprint density at radius 2 is 1.86 bits per heavy atom. The molecule has 11 heteroatoms. The summed E-state index contributed by atoms with van der Waals surface area (Å²) in [5.74, 6) is -1.91. The van der Waals surface area contributed by atoms with Crippen LogP contribution in [0.2, 0.25) is 0 Å². The van der Waals surface area contributed by atoms with E-state index in [4.69, 9.17) is 4.74 Å². The lowest BCUT2D eigenvalue weighted by molar-refractivity contribution is -0.123. The summed E-state index contributed by atoms with van der Waals surface area (Å²) in [6.07, 6.45) is -4.60. The molecule has 0 spiro atoms. The second-order valence-electron chi connectivity index (χ2n) is 5.51. The summed E-state index contributed by atoms with van der Waals surface area (Å²) in [5, 5.41) is 1.65. The Bertz CT molecular complexity index is 962. The zero-order valence-corrected chi connectivity index (χ0v) is 15.3. The first-order valence-electron chi connectivity index (χ1n) is 7.92. The summed E-state index contributed by atoms with van der Waals surface area (Å²) in [6.45, 7) is 0.339. The number of carbonyl (C=O) groups is 1. The van der Waals surface area contributed by atoms with E-state index in [1.165, 1.54) is 24.3 Å². The number of alkyl halides is 3. The summed E-state index contributed by atoms with van der Waals surface area (Å²) in [4.78, 5) is 11.4. The highest BCUT2D eigenvalue weighted by molar-refractivity contribution is 7.92. The van der Waals surface area contributed by atoms with Gasteiger partial charge < -0.3 is 10.1 Å². The van der Waals surface area contributed by atoms with Crippen LogP contribution >= 0.6 is 0 Å². The molecule has 28 heavy (non-hydrogen) atoms. The van der Waals surface area contributed by atoms with E-state index in [9.17, 15) is 30.8 Å². The minimum absolute atomic E-state index is 0.0474. The van der Waals surface area contributed by atoms with Crippen LogP contribution < -0.4 is 14.8 Å². The Hall–Kier alpha value is -2.82. The fourth-order valence-electron chi connectivity index (χ4n) is 2.14. The summed E-state index contributed by atoms with van der Waals surface area (Å²) in [7, 11) is -4.21. The second kappa shape index (κ2) is 8.46. The number of ether oxygens (including phenoxy) is 1. The maximum Gasteiger partial charge on any atom is 0.405 e. The van der Waals surface area contributed by atoms with Gasteiger partial charge in [-0.1, -0.05) is 6.07 Å². The van der Waals surface area contributed by atoms with Crippen molar-refractivity contribution in [3.63, 3.8) is 0 Å². The van der Waals surface area contributed by atoms with Gasteiger partial charge in [-0.2, -0.15) is 13.2 Å². The van der Waals surface area contributed by atoms with Crippen LogP contribution in [0.3, 0.4) is 0 Å². The molecule has 0 saturated heterocycles. The Labute approximate surface area is 158 Å². The monoisotopic (exact) mass is 420 g/mol. The fourth-order valence-corrected chi connectivity index (χ4v) is 3.23. The van der Waals surface area contributed by atoms with Crippen LogP contribution in [0.15, 0.2) is 47.4 Å². The summed E-state index contributed by atoms with van der Waals surface area (Å²) < 4.78 is 82.5. The highest BCUT2D eigenvalue weighted by atomic mass is 32.2. The van der Waals surface area contributed by atoms with Crippen LogP contribution in [-0.2, 0) is 10.0 Å². The summed E-state index contributed by atoms with van der Waals surface area (Å²) in [5.41, 5.74) is -0.363. The van der Waals surface area contributed by atoms with Gasteiger partial charge in [-0.3, -0.25) is 9.52 Å². The third kappa shape index (κ3) is 5.84.